The number of methoxy groups -OCH3 is 1. The maximum absolute atomic E-state index is 10.0. The normalized spacial score (nSPS) is 10.9. The summed E-state index contributed by atoms with van der Waals surface area (Å²) in [6.07, 6.45) is 5.39. The number of nitrogens with zero attached hydrogens (tertiary/aromatic N) is 3. The molecule has 0 aliphatic rings. The number of hydrogen-bond acceptors (Lipinski definition) is 5. The van der Waals surface area contributed by atoms with Gasteiger partial charge in [-0.05, 0) is 30.3 Å². The van der Waals surface area contributed by atoms with Crippen molar-refractivity contribution < 1.29 is 9.84 Å². The molecule has 7 heteroatoms. The van der Waals surface area contributed by atoms with Gasteiger partial charge in [-0.2, -0.15) is 0 Å². The average Bonchev–Trinajstić information content (AvgIpc) is 3.29. The van der Waals surface area contributed by atoms with Crippen molar-refractivity contribution in [1.29, 1.82) is 0 Å². The van der Waals surface area contributed by atoms with E-state index in [9.17, 15) is 5.11 Å². The summed E-state index contributed by atoms with van der Waals surface area (Å²) in [6.45, 7) is 0.434. The number of aromatic nitrogens is 4. The van der Waals surface area contributed by atoms with E-state index in [4.69, 9.17) is 4.74 Å². The maximum atomic E-state index is 10.0. The summed E-state index contributed by atoms with van der Waals surface area (Å²) in [5, 5.41) is 13.2. The quantitative estimate of drug-likeness (QED) is 0.488. The van der Waals surface area contributed by atoms with E-state index in [1.165, 1.54) is 0 Å². The number of benzene rings is 2. The molecule has 2 aromatic heterocycles. The number of rotatable bonds is 5. The Bertz CT molecular complexity index is 1010. The fraction of sp³-hybridized carbons (Fsp3) is 0.111. The Balaban J connectivity index is 1.58. The van der Waals surface area contributed by atoms with Crippen LogP contribution < -0.4 is 10.1 Å². The van der Waals surface area contributed by atoms with Gasteiger partial charge >= 0.3 is 0 Å². The number of H-pyrrole nitrogens is 1. The van der Waals surface area contributed by atoms with E-state index < -0.39 is 0 Å². The third-order valence-corrected chi connectivity index (χ3v) is 3.97. The summed E-state index contributed by atoms with van der Waals surface area (Å²) in [5.74, 6) is 1.49. The van der Waals surface area contributed by atoms with Crippen molar-refractivity contribution in [3.8, 4) is 17.2 Å². The van der Waals surface area contributed by atoms with Gasteiger partial charge in [-0.1, -0.05) is 6.07 Å². The number of phenols is 1. The Hall–Kier alpha value is -3.48. The van der Waals surface area contributed by atoms with E-state index in [0.717, 1.165) is 22.5 Å². The molecule has 4 aromatic rings. The van der Waals surface area contributed by atoms with Crippen LogP contribution in [-0.4, -0.2) is 31.7 Å². The largest absolute Gasteiger partial charge is 0.506 e. The van der Waals surface area contributed by atoms with Crippen LogP contribution in [0.3, 0.4) is 0 Å². The molecule has 4 rings (SSSR count). The Morgan fingerprint density at radius 2 is 2.20 bits per heavy atom. The van der Waals surface area contributed by atoms with Crippen LogP contribution in [0.2, 0.25) is 0 Å². The van der Waals surface area contributed by atoms with Crippen LogP contribution in [0.5, 0.6) is 11.5 Å². The predicted molar refractivity (Wildman–Crippen MR) is 95.2 cm³/mol. The van der Waals surface area contributed by atoms with Crippen LogP contribution in [-0.2, 0) is 6.54 Å². The molecule has 0 bridgehead atoms. The minimum atomic E-state index is 0.137. The molecule has 0 saturated heterocycles. The first kappa shape index (κ1) is 15.1. The van der Waals surface area contributed by atoms with Crippen LogP contribution in [0, 0.1) is 0 Å². The molecule has 2 heterocycles. The van der Waals surface area contributed by atoms with Crippen LogP contribution in [0.1, 0.15) is 5.82 Å². The molecular weight excluding hydrogens is 318 g/mol. The van der Waals surface area contributed by atoms with E-state index in [0.29, 0.717) is 18.0 Å². The molecule has 0 atom stereocenters. The lowest BCUT2D eigenvalue weighted by atomic mass is 10.2. The van der Waals surface area contributed by atoms with Gasteiger partial charge in [0.1, 0.15) is 23.0 Å². The molecule has 0 radical (unpaired) electrons. The fourth-order valence-electron chi connectivity index (χ4n) is 2.75. The van der Waals surface area contributed by atoms with E-state index in [1.54, 1.807) is 37.8 Å². The van der Waals surface area contributed by atoms with Crippen LogP contribution in [0.4, 0.5) is 5.69 Å². The number of nitrogens with one attached hydrogen (secondary N) is 2. The fourth-order valence-corrected chi connectivity index (χ4v) is 2.75. The zero-order valence-corrected chi connectivity index (χ0v) is 13.6. The third-order valence-electron chi connectivity index (χ3n) is 3.97. The van der Waals surface area contributed by atoms with Crippen LogP contribution in [0.15, 0.2) is 55.1 Å². The minimum absolute atomic E-state index is 0.137. The Morgan fingerprint density at radius 1 is 1.28 bits per heavy atom. The summed E-state index contributed by atoms with van der Waals surface area (Å²) >= 11 is 0. The zero-order valence-electron chi connectivity index (χ0n) is 13.6. The topological polar surface area (TPSA) is 88.0 Å². The van der Waals surface area contributed by atoms with Crippen molar-refractivity contribution in [3.63, 3.8) is 0 Å². The van der Waals surface area contributed by atoms with Gasteiger partial charge < -0.3 is 24.7 Å². The smallest absolute Gasteiger partial charge is 0.145 e. The number of ether oxygens (including phenoxy) is 1. The molecular formula is C18H17N5O2. The van der Waals surface area contributed by atoms with Gasteiger partial charge in [-0.25, -0.2) is 9.97 Å². The first-order valence-electron chi connectivity index (χ1n) is 7.81. The Labute approximate surface area is 143 Å². The molecule has 126 valence electrons. The maximum Gasteiger partial charge on any atom is 0.145 e. The molecule has 0 amide bonds. The van der Waals surface area contributed by atoms with Gasteiger partial charge in [0.15, 0.2) is 0 Å². The standard InChI is InChI=1S/C18H17N5O2/c1-25-16-4-2-3-15(24)18(16)20-10-17-21-13-6-5-12(9-14(13)22-17)23-8-7-19-11-23/h2-9,11,20,24H,10H2,1H3,(H,21,22). The van der Waals surface area contributed by atoms with Crippen molar-refractivity contribution in [2.75, 3.05) is 12.4 Å². The lowest BCUT2D eigenvalue weighted by Crippen LogP contribution is -2.03. The molecule has 0 spiro atoms. The molecule has 0 unspecified atom stereocenters. The lowest BCUT2D eigenvalue weighted by molar-refractivity contribution is 0.410. The molecule has 0 saturated carbocycles. The SMILES string of the molecule is COc1cccc(O)c1NCc1nc2ccc(-n3ccnc3)cc2[nH]1. The summed E-state index contributed by atoms with van der Waals surface area (Å²) in [6, 6.07) is 11.1. The second kappa shape index (κ2) is 6.20. The third kappa shape index (κ3) is 2.87. The highest BCUT2D eigenvalue weighted by Crippen LogP contribution is 2.33. The van der Waals surface area contributed by atoms with E-state index in [2.05, 4.69) is 20.3 Å². The molecule has 0 aliphatic heterocycles. The first-order chi connectivity index (χ1) is 12.2. The van der Waals surface area contributed by atoms with Crippen molar-refractivity contribution >= 4 is 16.7 Å². The highest BCUT2D eigenvalue weighted by atomic mass is 16.5. The Kier molecular flexibility index (Phi) is 3.74. The van der Waals surface area contributed by atoms with E-state index in [1.807, 2.05) is 29.0 Å². The molecule has 3 N–H and O–H groups in total. The van der Waals surface area contributed by atoms with Crippen molar-refractivity contribution in [2.24, 2.45) is 0 Å². The number of anilines is 1. The first-order valence-corrected chi connectivity index (χ1v) is 7.81. The second-order valence-electron chi connectivity index (χ2n) is 5.56. The van der Waals surface area contributed by atoms with Crippen LogP contribution in [0.25, 0.3) is 16.7 Å². The predicted octanol–water partition coefficient (Wildman–Crippen LogP) is 3.07. The highest BCUT2D eigenvalue weighted by molar-refractivity contribution is 5.77. The monoisotopic (exact) mass is 335 g/mol. The lowest BCUT2D eigenvalue weighted by Gasteiger charge is -2.11. The summed E-state index contributed by atoms with van der Waals surface area (Å²) < 4.78 is 7.20. The molecule has 0 fully saturated rings. The number of phenolic OH excluding ortho intramolecular Hbond substituents is 1. The summed E-state index contributed by atoms with van der Waals surface area (Å²) in [4.78, 5) is 11.9. The zero-order chi connectivity index (χ0) is 17.2. The van der Waals surface area contributed by atoms with Crippen molar-refractivity contribution in [1.82, 2.24) is 19.5 Å². The van der Waals surface area contributed by atoms with Gasteiger partial charge in [-0.3, -0.25) is 0 Å². The number of fused-ring (bicyclic) bond motifs is 1. The molecule has 25 heavy (non-hydrogen) atoms. The van der Waals surface area contributed by atoms with Crippen LogP contribution >= 0.6 is 0 Å². The number of hydrogen-bond donors (Lipinski definition) is 3. The average molecular weight is 335 g/mol. The number of aromatic amines is 1. The summed E-state index contributed by atoms with van der Waals surface area (Å²) in [5.41, 5.74) is 3.37. The van der Waals surface area contributed by atoms with Gasteiger partial charge in [0.05, 0.1) is 31.0 Å². The van der Waals surface area contributed by atoms with Gasteiger partial charge in [0, 0.05) is 18.1 Å². The Morgan fingerprint density at radius 3 is 3.00 bits per heavy atom. The second-order valence-corrected chi connectivity index (χ2v) is 5.56. The van der Waals surface area contributed by atoms with Crippen molar-refractivity contribution in [3.05, 3.63) is 60.9 Å². The van der Waals surface area contributed by atoms with E-state index >= 15 is 0 Å². The molecule has 0 aliphatic carbocycles. The van der Waals surface area contributed by atoms with Gasteiger partial charge in [0.25, 0.3) is 0 Å². The minimum Gasteiger partial charge on any atom is -0.506 e. The molecule has 7 nitrogen and oxygen atoms in total. The number of imidazole rings is 2. The number of para-hydroxylation sites is 1. The van der Waals surface area contributed by atoms with E-state index in [-0.39, 0.29) is 5.75 Å². The number of aromatic hydroxyl groups is 1. The highest BCUT2D eigenvalue weighted by Gasteiger charge is 2.10. The summed E-state index contributed by atoms with van der Waals surface area (Å²) in [7, 11) is 1.57. The van der Waals surface area contributed by atoms with Gasteiger partial charge in [-0.15, -0.1) is 0 Å². The molecule has 2 aromatic carbocycles. The van der Waals surface area contributed by atoms with Crippen molar-refractivity contribution in [2.45, 2.75) is 6.54 Å². The van der Waals surface area contributed by atoms with Gasteiger partial charge in [0.2, 0.25) is 0 Å².